The molecule has 1 fully saturated rings. The maximum absolute atomic E-state index is 4.26. The highest BCUT2D eigenvalue weighted by atomic mass is 32.2. The summed E-state index contributed by atoms with van der Waals surface area (Å²) in [5, 5.41) is 5.62. The zero-order chi connectivity index (χ0) is 11.1. The topological polar surface area (TPSA) is 24.9 Å². The summed E-state index contributed by atoms with van der Waals surface area (Å²) >= 11 is 3.62. The third-order valence-electron chi connectivity index (χ3n) is 3.04. The van der Waals surface area contributed by atoms with Crippen LogP contribution in [0.4, 0.5) is 0 Å². The summed E-state index contributed by atoms with van der Waals surface area (Å²) in [7, 11) is 0. The maximum Gasteiger partial charge on any atom is 0.149 e. The Bertz CT molecular complexity index is 269. The van der Waals surface area contributed by atoms with Gasteiger partial charge in [0.2, 0.25) is 0 Å². The van der Waals surface area contributed by atoms with Crippen molar-refractivity contribution in [3.63, 3.8) is 0 Å². The van der Waals surface area contributed by atoms with Crippen molar-refractivity contribution in [2.24, 2.45) is 5.92 Å². The molecule has 0 atom stereocenters. The molecule has 0 amide bonds. The van der Waals surface area contributed by atoms with Gasteiger partial charge in [0.15, 0.2) is 0 Å². The van der Waals surface area contributed by atoms with Crippen LogP contribution in [0.15, 0.2) is 15.9 Å². The normalized spacial score (nSPS) is 17.0. The van der Waals surface area contributed by atoms with E-state index in [-0.39, 0.29) is 0 Å². The van der Waals surface area contributed by atoms with Crippen LogP contribution in [-0.2, 0) is 0 Å². The highest BCUT2D eigenvalue weighted by Crippen LogP contribution is 2.23. The average molecular weight is 256 g/mol. The molecule has 1 saturated carbocycles. The minimum absolute atomic E-state index is 0.964. The summed E-state index contributed by atoms with van der Waals surface area (Å²) in [6.45, 7) is 2.40. The summed E-state index contributed by atoms with van der Waals surface area (Å²) in [4.78, 5) is 4.26. The Morgan fingerprint density at radius 1 is 1.44 bits per heavy atom. The number of hydrogen-bond acceptors (Lipinski definition) is 4. The Labute approximate surface area is 106 Å². The van der Waals surface area contributed by atoms with Crippen LogP contribution in [0.1, 0.15) is 32.1 Å². The van der Waals surface area contributed by atoms with Gasteiger partial charge >= 0.3 is 0 Å². The van der Waals surface area contributed by atoms with Crippen LogP contribution in [0.25, 0.3) is 0 Å². The van der Waals surface area contributed by atoms with Crippen LogP contribution in [0, 0.1) is 5.92 Å². The summed E-state index contributed by atoms with van der Waals surface area (Å²) < 4.78 is 1.20. The van der Waals surface area contributed by atoms with Crippen LogP contribution in [0.3, 0.4) is 0 Å². The van der Waals surface area contributed by atoms with Gasteiger partial charge in [-0.05, 0) is 38.3 Å². The molecule has 0 aliphatic heterocycles. The lowest BCUT2D eigenvalue weighted by molar-refractivity contribution is 0.490. The SMILES string of the molecule is c1csc(SCCCNCC2CCCC2)n1. The molecule has 1 aromatic rings. The van der Waals surface area contributed by atoms with Gasteiger partial charge in [-0.1, -0.05) is 24.6 Å². The number of thioether (sulfide) groups is 1. The number of rotatable bonds is 7. The third kappa shape index (κ3) is 4.44. The monoisotopic (exact) mass is 256 g/mol. The molecule has 1 aromatic heterocycles. The largest absolute Gasteiger partial charge is 0.316 e. The summed E-state index contributed by atoms with van der Waals surface area (Å²) in [5.74, 6) is 2.15. The molecule has 2 rings (SSSR count). The van der Waals surface area contributed by atoms with Crippen molar-refractivity contribution in [2.45, 2.75) is 36.4 Å². The average Bonchev–Trinajstić information content (AvgIpc) is 2.96. The second kappa shape index (κ2) is 7.30. The fourth-order valence-electron chi connectivity index (χ4n) is 2.16. The van der Waals surface area contributed by atoms with Crippen molar-refractivity contribution >= 4 is 23.1 Å². The molecule has 0 radical (unpaired) electrons. The molecule has 4 heteroatoms. The predicted molar refractivity (Wildman–Crippen MR) is 72.3 cm³/mol. The van der Waals surface area contributed by atoms with Gasteiger partial charge in [-0.3, -0.25) is 0 Å². The maximum atomic E-state index is 4.26. The quantitative estimate of drug-likeness (QED) is 0.598. The minimum atomic E-state index is 0.964. The van der Waals surface area contributed by atoms with E-state index in [1.807, 2.05) is 23.3 Å². The van der Waals surface area contributed by atoms with Crippen molar-refractivity contribution in [2.75, 3.05) is 18.8 Å². The highest BCUT2D eigenvalue weighted by Gasteiger charge is 2.13. The Hall–Kier alpha value is -0.0600. The Kier molecular flexibility index (Phi) is 5.66. The predicted octanol–water partition coefficient (Wildman–Crippen LogP) is 3.41. The molecule has 1 N–H and O–H groups in total. The number of nitrogens with zero attached hydrogens (tertiary/aromatic N) is 1. The van der Waals surface area contributed by atoms with Crippen molar-refractivity contribution in [3.05, 3.63) is 11.6 Å². The molecule has 90 valence electrons. The molecular weight excluding hydrogens is 236 g/mol. The molecule has 16 heavy (non-hydrogen) atoms. The zero-order valence-corrected chi connectivity index (χ0v) is 11.3. The Balaban J connectivity index is 1.43. The van der Waals surface area contributed by atoms with Crippen molar-refractivity contribution in [1.29, 1.82) is 0 Å². The first-order chi connectivity index (χ1) is 7.95. The smallest absolute Gasteiger partial charge is 0.149 e. The molecule has 1 heterocycles. The van der Waals surface area contributed by atoms with Crippen LogP contribution in [0.5, 0.6) is 0 Å². The molecule has 0 saturated heterocycles. The number of aromatic nitrogens is 1. The van der Waals surface area contributed by atoms with E-state index in [9.17, 15) is 0 Å². The molecule has 2 nitrogen and oxygen atoms in total. The van der Waals surface area contributed by atoms with E-state index in [2.05, 4.69) is 10.3 Å². The van der Waals surface area contributed by atoms with Crippen LogP contribution in [-0.4, -0.2) is 23.8 Å². The zero-order valence-electron chi connectivity index (χ0n) is 9.65. The van der Waals surface area contributed by atoms with E-state index in [1.165, 1.54) is 48.7 Å². The van der Waals surface area contributed by atoms with Crippen molar-refractivity contribution in [1.82, 2.24) is 10.3 Å². The highest BCUT2D eigenvalue weighted by molar-refractivity contribution is 8.00. The van der Waals surface area contributed by atoms with Gasteiger partial charge in [0, 0.05) is 17.3 Å². The second-order valence-electron chi connectivity index (χ2n) is 4.35. The van der Waals surface area contributed by atoms with Crippen LogP contribution in [0.2, 0.25) is 0 Å². The standard InChI is InChI=1S/C12H20N2S2/c1-2-5-11(4-1)10-13-6-3-8-15-12-14-7-9-16-12/h7,9,11,13H,1-6,8,10H2. The molecule has 0 aromatic carbocycles. The van der Waals surface area contributed by atoms with E-state index < -0.39 is 0 Å². The van der Waals surface area contributed by atoms with E-state index in [4.69, 9.17) is 0 Å². The van der Waals surface area contributed by atoms with Gasteiger partial charge in [-0.25, -0.2) is 4.98 Å². The Morgan fingerprint density at radius 3 is 3.06 bits per heavy atom. The van der Waals surface area contributed by atoms with Gasteiger partial charge in [-0.15, -0.1) is 11.3 Å². The molecule has 1 aliphatic rings. The van der Waals surface area contributed by atoms with Gasteiger partial charge in [0.1, 0.15) is 4.34 Å². The van der Waals surface area contributed by atoms with Crippen molar-refractivity contribution in [3.8, 4) is 0 Å². The first-order valence-electron chi connectivity index (χ1n) is 6.18. The lowest BCUT2D eigenvalue weighted by atomic mass is 10.1. The van der Waals surface area contributed by atoms with Crippen molar-refractivity contribution < 1.29 is 0 Å². The Morgan fingerprint density at radius 2 is 2.31 bits per heavy atom. The molecule has 0 bridgehead atoms. The van der Waals surface area contributed by atoms with E-state index in [0.717, 1.165) is 12.5 Å². The summed E-state index contributed by atoms with van der Waals surface area (Å²) in [6, 6.07) is 0. The lowest BCUT2D eigenvalue weighted by Crippen LogP contribution is -2.22. The fraction of sp³-hybridized carbons (Fsp3) is 0.750. The van der Waals surface area contributed by atoms with Gasteiger partial charge in [0.25, 0.3) is 0 Å². The summed E-state index contributed by atoms with van der Waals surface area (Å²) in [6.07, 6.45) is 8.92. The van der Waals surface area contributed by atoms with Gasteiger partial charge < -0.3 is 5.32 Å². The number of thiazole rings is 1. The molecule has 1 aliphatic carbocycles. The number of nitrogens with one attached hydrogen (secondary N) is 1. The van der Waals surface area contributed by atoms with Gasteiger partial charge in [0.05, 0.1) is 0 Å². The van der Waals surface area contributed by atoms with Crippen LogP contribution >= 0.6 is 23.1 Å². The van der Waals surface area contributed by atoms with Gasteiger partial charge in [-0.2, -0.15) is 0 Å². The van der Waals surface area contributed by atoms with E-state index in [1.54, 1.807) is 11.3 Å². The van der Waals surface area contributed by atoms with E-state index in [0.29, 0.717) is 0 Å². The fourth-order valence-corrected chi connectivity index (χ4v) is 3.81. The first kappa shape index (κ1) is 12.4. The number of hydrogen-bond donors (Lipinski definition) is 1. The third-order valence-corrected chi connectivity index (χ3v) is 5.09. The second-order valence-corrected chi connectivity index (χ2v) is 6.59. The molecule has 0 unspecified atom stereocenters. The van der Waals surface area contributed by atoms with E-state index >= 15 is 0 Å². The minimum Gasteiger partial charge on any atom is -0.316 e. The molecular formula is C12H20N2S2. The molecule has 0 spiro atoms. The van der Waals surface area contributed by atoms with Crippen LogP contribution < -0.4 is 5.32 Å². The summed E-state index contributed by atoms with van der Waals surface area (Å²) in [5.41, 5.74) is 0. The first-order valence-corrected chi connectivity index (χ1v) is 8.04. The lowest BCUT2D eigenvalue weighted by Gasteiger charge is -2.09.